The van der Waals surface area contributed by atoms with Gasteiger partial charge in [0.2, 0.25) is 5.91 Å². The Labute approximate surface area is 307 Å². The zero-order chi connectivity index (χ0) is 37.7. The monoisotopic (exact) mass is 746 g/mol. The number of anilines is 1. The van der Waals surface area contributed by atoms with E-state index in [1.807, 2.05) is 6.92 Å². The molecule has 0 aliphatic heterocycles. The summed E-state index contributed by atoms with van der Waals surface area (Å²) in [6, 6.07) is 6.98. The molecule has 300 valence electrons. The summed E-state index contributed by atoms with van der Waals surface area (Å²) in [6.07, 6.45) is 0.883. The lowest BCUT2D eigenvalue weighted by atomic mass is 10.2. The minimum absolute atomic E-state index is 0.0573. The van der Waals surface area contributed by atoms with E-state index in [2.05, 4.69) is 16.0 Å². The van der Waals surface area contributed by atoms with Gasteiger partial charge in [0.1, 0.15) is 6.61 Å². The summed E-state index contributed by atoms with van der Waals surface area (Å²) in [5.74, 6) is 5.77. The summed E-state index contributed by atoms with van der Waals surface area (Å²) in [4.78, 5) is 23.6. The smallest absolute Gasteiger partial charge is 0.407 e. The van der Waals surface area contributed by atoms with Crippen LogP contribution in [-0.2, 0) is 58.8 Å². The van der Waals surface area contributed by atoms with Gasteiger partial charge in [0.15, 0.2) is 0 Å². The van der Waals surface area contributed by atoms with E-state index in [0.29, 0.717) is 137 Å². The molecule has 2 amide bonds. The second kappa shape index (κ2) is 34.9. The van der Waals surface area contributed by atoms with Gasteiger partial charge < -0.3 is 74.1 Å². The van der Waals surface area contributed by atoms with Crippen LogP contribution in [0.4, 0.5) is 10.5 Å². The van der Waals surface area contributed by atoms with E-state index in [9.17, 15) is 9.59 Å². The molecule has 1 aromatic rings. The van der Waals surface area contributed by atoms with Crippen LogP contribution in [0.3, 0.4) is 0 Å². The molecule has 18 heteroatoms. The maximum atomic E-state index is 12.0. The van der Waals surface area contributed by atoms with Gasteiger partial charge in [-0.1, -0.05) is 12.1 Å². The van der Waals surface area contributed by atoms with Crippen molar-refractivity contribution in [2.24, 2.45) is 11.6 Å². The molecule has 0 bridgehead atoms. The number of nitrogens with two attached hydrogens (primary N) is 2. The predicted molar refractivity (Wildman–Crippen MR) is 193 cm³/mol. The maximum absolute atomic E-state index is 12.0. The Kier molecular flexibility index (Phi) is 31.5. The number of ether oxygens (including phenoxy) is 10. The van der Waals surface area contributed by atoms with Gasteiger partial charge in [-0.3, -0.25) is 4.79 Å². The SMILES string of the molecule is CCOCCOCCOCCOCCOCCOCCOCCOCCOCCN(N)/C=C(\N)CNC(=O)OCc1ccc(NC(=O)CNC)cc1. The highest BCUT2D eigenvalue weighted by Crippen LogP contribution is 2.10. The number of hydrogen-bond acceptors (Lipinski definition) is 16. The highest BCUT2D eigenvalue weighted by Gasteiger charge is 2.06. The third kappa shape index (κ3) is 30.5. The van der Waals surface area contributed by atoms with E-state index in [1.165, 1.54) is 11.2 Å². The van der Waals surface area contributed by atoms with Gasteiger partial charge in [-0.05, 0) is 31.7 Å². The minimum Gasteiger partial charge on any atom is -0.445 e. The summed E-state index contributed by atoms with van der Waals surface area (Å²) in [6.45, 7) is 11.7. The Morgan fingerprint density at radius 3 is 1.50 bits per heavy atom. The lowest BCUT2D eigenvalue weighted by molar-refractivity contribution is -0.115. The fourth-order valence-electron chi connectivity index (χ4n) is 3.82. The standard InChI is InChI=1S/C34H62N6O12/c1-3-43-10-11-45-14-15-47-18-19-49-22-23-51-25-24-50-21-20-48-17-16-46-13-12-44-9-8-40(36)28-31(35)26-38-34(42)52-29-30-4-6-32(7-5-30)39-33(41)27-37-2/h4-7,28,37H,3,8-27,29,35-36H2,1-2H3,(H,38,42)(H,39,41)/b31-28-. The second-order valence-corrected chi connectivity index (χ2v) is 10.7. The first kappa shape index (κ1) is 46.9. The predicted octanol–water partition coefficient (Wildman–Crippen LogP) is 0.216. The zero-order valence-corrected chi connectivity index (χ0v) is 30.9. The van der Waals surface area contributed by atoms with Crippen molar-refractivity contribution < 1.29 is 57.0 Å². The molecule has 0 fully saturated rings. The van der Waals surface area contributed by atoms with E-state index in [1.54, 1.807) is 31.3 Å². The van der Waals surface area contributed by atoms with E-state index >= 15 is 0 Å². The summed E-state index contributed by atoms with van der Waals surface area (Å²) < 4.78 is 54.0. The molecule has 0 aliphatic rings. The van der Waals surface area contributed by atoms with Gasteiger partial charge in [0, 0.05) is 24.2 Å². The number of benzene rings is 1. The fraction of sp³-hybridized carbons (Fsp3) is 0.706. The Morgan fingerprint density at radius 1 is 0.654 bits per heavy atom. The number of amides is 2. The molecule has 0 heterocycles. The lowest BCUT2D eigenvalue weighted by Gasteiger charge is -2.15. The van der Waals surface area contributed by atoms with Crippen molar-refractivity contribution in [3.05, 3.63) is 41.7 Å². The van der Waals surface area contributed by atoms with Gasteiger partial charge in [-0.2, -0.15) is 0 Å². The molecule has 52 heavy (non-hydrogen) atoms. The van der Waals surface area contributed by atoms with Crippen molar-refractivity contribution >= 4 is 17.7 Å². The fourth-order valence-corrected chi connectivity index (χ4v) is 3.82. The molecule has 0 aromatic heterocycles. The normalized spacial score (nSPS) is 11.5. The molecule has 0 atom stereocenters. The molecule has 18 nitrogen and oxygen atoms in total. The van der Waals surface area contributed by atoms with Crippen molar-refractivity contribution in [2.45, 2.75) is 13.5 Å². The third-order valence-electron chi connectivity index (χ3n) is 6.39. The summed E-state index contributed by atoms with van der Waals surface area (Å²) >= 11 is 0. The van der Waals surface area contributed by atoms with Gasteiger partial charge in [-0.25, -0.2) is 10.6 Å². The van der Waals surface area contributed by atoms with Crippen LogP contribution in [0.25, 0.3) is 0 Å². The molecule has 0 saturated heterocycles. The number of nitrogens with zero attached hydrogens (tertiary/aromatic N) is 1. The summed E-state index contributed by atoms with van der Waals surface area (Å²) in [5.41, 5.74) is 7.70. The Morgan fingerprint density at radius 2 is 1.08 bits per heavy atom. The quantitative estimate of drug-likeness (QED) is 0.0352. The molecule has 0 spiro atoms. The molecule has 0 saturated carbocycles. The van der Waals surface area contributed by atoms with Crippen molar-refractivity contribution in [3.8, 4) is 0 Å². The number of carbonyl (C=O) groups excluding carboxylic acids is 2. The molecular weight excluding hydrogens is 684 g/mol. The molecule has 7 N–H and O–H groups in total. The second-order valence-electron chi connectivity index (χ2n) is 10.7. The van der Waals surface area contributed by atoms with Crippen molar-refractivity contribution in [1.82, 2.24) is 15.6 Å². The van der Waals surface area contributed by atoms with E-state index in [-0.39, 0.29) is 25.6 Å². The minimum atomic E-state index is -0.627. The molecular formula is C34H62N6O12. The average Bonchev–Trinajstić information content (AvgIpc) is 3.13. The molecule has 0 unspecified atom stereocenters. The molecule has 1 aromatic carbocycles. The number of rotatable bonds is 36. The van der Waals surface area contributed by atoms with Crippen molar-refractivity contribution in [1.29, 1.82) is 0 Å². The highest BCUT2D eigenvalue weighted by molar-refractivity contribution is 5.92. The van der Waals surface area contributed by atoms with Gasteiger partial charge in [0.25, 0.3) is 0 Å². The average molecular weight is 747 g/mol. The third-order valence-corrected chi connectivity index (χ3v) is 6.39. The number of hydrazine groups is 1. The number of likely N-dealkylation sites (N-methyl/N-ethyl adjacent to an activating group) is 1. The first-order valence-electron chi connectivity index (χ1n) is 17.6. The first-order chi connectivity index (χ1) is 25.4. The van der Waals surface area contributed by atoms with E-state index < -0.39 is 6.09 Å². The zero-order valence-electron chi connectivity index (χ0n) is 30.9. The van der Waals surface area contributed by atoms with Gasteiger partial charge in [-0.15, -0.1) is 0 Å². The van der Waals surface area contributed by atoms with Crippen molar-refractivity contribution in [3.63, 3.8) is 0 Å². The van der Waals surface area contributed by atoms with Crippen molar-refractivity contribution in [2.75, 3.05) is 151 Å². The Bertz CT molecular complexity index is 1030. The number of alkyl carbamates (subject to hydrolysis) is 1. The Balaban J connectivity index is 1.85. The van der Waals surface area contributed by atoms with Gasteiger partial charge in [0.05, 0.1) is 132 Å². The van der Waals surface area contributed by atoms with Crippen LogP contribution in [-0.4, -0.2) is 163 Å². The Hall–Kier alpha value is -3.14. The van der Waals surface area contributed by atoms with Crippen LogP contribution < -0.4 is 27.5 Å². The molecule has 1 rings (SSSR count). The summed E-state index contributed by atoms with van der Waals surface area (Å²) in [5, 5.41) is 9.46. The van der Waals surface area contributed by atoms with E-state index in [0.717, 1.165) is 5.56 Å². The van der Waals surface area contributed by atoms with Crippen LogP contribution in [0.5, 0.6) is 0 Å². The van der Waals surface area contributed by atoms with Crippen LogP contribution in [0, 0.1) is 0 Å². The summed E-state index contributed by atoms with van der Waals surface area (Å²) in [7, 11) is 1.69. The first-order valence-corrected chi connectivity index (χ1v) is 17.6. The van der Waals surface area contributed by atoms with Crippen LogP contribution in [0.1, 0.15) is 12.5 Å². The van der Waals surface area contributed by atoms with E-state index in [4.69, 9.17) is 58.9 Å². The van der Waals surface area contributed by atoms with Crippen LogP contribution in [0.15, 0.2) is 36.2 Å². The number of hydrogen-bond donors (Lipinski definition) is 5. The van der Waals surface area contributed by atoms with Crippen LogP contribution >= 0.6 is 0 Å². The van der Waals surface area contributed by atoms with Crippen LogP contribution in [0.2, 0.25) is 0 Å². The van der Waals surface area contributed by atoms with Gasteiger partial charge >= 0.3 is 6.09 Å². The lowest BCUT2D eigenvalue weighted by Crippen LogP contribution is -2.33. The highest BCUT2D eigenvalue weighted by atomic mass is 16.6. The molecule has 0 aliphatic carbocycles. The molecule has 0 radical (unpaired) electrons. The largest absolute Gasteiger partial charge is 0.445 e. The number of carbonyl (C=O) groups is 2. The number of nitrogens with one attached hydrogen (secondary N) is 3. The topological polar surface area (TPSA) is 218 Å². The maximum Gasteiger partial charge on any atom is 0.407 e.